The highest BCUT2D eigenvalue weighted by Crippen LogP contribution is 2.41. The van der Waals surface area contributed by atoms with Crippen molar-refractivity contribution in [2.45, 2.75) is 31.1 Å². The first-order valence-electron chi connectivity index (χ1n) is 9.98. The number of sulfone groups is 1. The number of carbonyl (C=O) groups excluding carboxylic acids is 1. The molecule has 4 rings (SSSR count). The van der Waals surface area contributed by atoms with E-state index in [4.69, 9.17) is 16.3 Å². The number of halogens is 1. The van der Waals surface area contributed by atoms with Gasteiger partial charge in [-0.05, 0) is 47.9 Å². The molecule has 0 aromatic heterocycles. The lowest BCUT2D eigenvalue weighted by Gasteiger charge is -2.25. The first-order valence-corrected chi connectivity index (χ1v) is 13.1. The molecule has 0 radical (unpaired) electrons. The van der Waals surface area contributed by atoms with Crippen molar-refractivity contribution in [2.75, 3.05) is 23.0 Å². The number of amides is 1. The van der Waals surface area contributed by atoms with E-state index in [1.165, 1.54) is 17.3 Å². The van der Waals surface area contributed by atoms with Crippen molar-refractivity contribution < 1.29 is 17.9 Å². The van der Waals surface area contributed by atoms with E-state index < -0.39 is 15.7 Å². The Bertz CT molecular complexity index is 1100. The number of hydrogen-bond donors (Lipinski definition) is 0. The predicted octanol–water partition coefficient (Wildman–Crippen LogP) is 4.14. The second-order valence-electron chi connectivity index (χ2n) is 7.95. The molecule has 2 aliphatic rings. The van der Waals surface area contributed by atoms with Gasteiger partial charge in [-0.15, -0.1) is 0 Å². The number of aliphatic imine (C=N–C) groups is 1. The van der Waals surface area contributed by atoms with Gasteiger partial charge in [0.15, 0.2) is 21.6 Å². The fraction of sp³-hybridized carbons (Fsp3) is 0.364. The minimum atomic E-state index is -3.11. The number of carbonyl (C=O) groups is 1. The molecule has 2 aromatic carbocycles. The number of fused-ring (bicyclic) bond motifs is 1. The molecule has 0 bridgehead atoms. The Kier molecular flexibility index (Phi) is 6.32. The maximum atomic E-state index is 12.5. The maximum absolute atomic E-state index is 12.5. The minimum absolute atomic E-state index is 0.0606. The molecule has 164 valence electrons. The fourth-order valence-corrected chi connectivity index (χ4v) is 7.76. The Labute approximate surface area is 191 Å². The summed E-state index contributed by atoms with van der Waals surface area (Å²) in [5, 5.41) is 0.965. The first kappa shape index (κ1) is 22.2. The summed E-state index contributed by atoms with van der Waals surface area (Å²) in [7, 11) is -3.11. The summed E-state index contributed by atoms with van der Waals surface area (Å²) in [4.78, 5) is 18.7. The van der Waals surface area contributed by atoms with Crippen LogP contribution >= 0.6 is 23.4 Å². The zero-order valence-corrected chi connectivity index (χ0v) is 19.6. The first-order chi connectivity index (χ1) is 14.7. The molecule has 2 aromatic rings. The van der Waals surface area contributed by atoms with Gasteiger partial charge >= 0.3 is 0 Å². The molecule has 0 aliphatic carbocycles. The summed E-state index contributed by atoms with van der Waals surface area (Å²) < 4.78 is 29.9. The maximum Gasteiger partial charge on any atom is 0.285 e. The SMILES string of the molecule is CC(C)c1ccc(N2C(=NC(=O)COc3ccc(Cl)cc3)SC3CS(=O)(=O)CC32)cc1. The molecule has 9 heteroatoms. The third-order valence-electron chi connectivity index (χ3n) is 5.30. The molecule has 2 atom stereocenters. The molecule has 2 heterocycles. The second-order valence-corrected chi connectivity index (χ2v) is 11.7. The van der Waals surface area contributed by atoms with Crippen LogP contribution in [0.2, 0.25) is 5.02 Å². The van der Waals surface area contributed by atoms with Crippen LogP contribution in [0.25, 0.3) is 0 Å². The second kappa shape index (κ2) is 8.84. The third-order valence-corrected chi connectivity index (χ3v) is 8.76. The number of amidine groups is 1. The van der Waals surface area contributed by atoms with E-state index in [0.717, 1.165) is 5.69 Å². The van der Waals surface area contributed by atoms with Gasteiger partial charge < -0.3 is 9.64 Å². The summed E-state index contributed by atoms with van der Waals surface area (Å²) >= 11 is 7.21. The number of rotatable bonds is 5. The fourth-order valence-electron chi connectivity index (χ4n) is 3.70. The van der Waals surface area contributed by atoms with Crippen LogP contribution in [-0.4, -0.2) is 48.9 Å². The molecule has 0 saturated carbocycles. The van der Waals surface area contributed by atoms with Gasteiger partial charge in [-0.1, -0.05) is 49.3 Å². The molecule has 6 nitrogen and oxygen atoms in total. The topological polar surface area (TPSA) is 76.0 Å². The van der Waals surface area contributed by atoms with E-state index in [1.807, 2.05) is 29.2 Å². The lowest BCUT2D eigenvalue weighted by Crippen LogP contribution is -2.37. The molecule has 2 saturated heterocycles. The Balaban J connectivity index is 1.55. The van der Waals surface area contributed by atoms with E-state index in [1.54, 1.807) is 24.3 Å². The summed E-state index contributed by atoms with van der Waals surface area (Å²) in [6.45, 7) is 4.03. The van der Waals surface area contributed by atoms with Gasteiger partial charge in [0, 0.05) is 16.0 Å². The normalized spacial score (nSPS) is 23.4. The van der Waals surface area contributed by atoms with Crippen molar-refractivity contribution in [2.24, 2.45) is 4.99 Å². The van der Waals surface area contributed by atoms with Crippen molar-refractivity contribution in [1.29, 1.82) is 0 Å². The van der Waals surface area contributed by atoms with Crippen LogP contribution in [0.5, 0.6) is 5.75 Å². The van der Waals surface area contributed by atoms with Gasteiger partial charge in [0.05, 0.1) is 17.5 Å². The van der Waals surface area contributed by atoms with Gasteiger partial charge in [0.25, 0.3) is 5.91 Å². The number of nitrogens with zero attached hydrogens (tertiary/aromatic N) is 2. The van der Waals surface area contributed by atoms with Gasteiger partial charge in [0.1, 0.15) is 5.75 Å². The summed E-state index contributed by atoms with van der Waals surface area (Å²) in [5.74, 6) is 0.647. The quantitative estimate of drug-likeness (QED) is 0.642. The van der Waals surface area contributed by atoms with Crippen LogP contribution in [0.4, 0.5) is 5.69 Å². The van der Waals surface area contributed by atoms with Crippen LogP contribution in [0, 0.1) is 0 Å². The Morgan fingerprint density at radius 1 is 1.16 bits per heavy atom. The zero-order chi connectivity index (χ0) is 22.2. The van der Waals surface area contributed by atoms with Crippen molar-refractivity contribution in [3.05, 3.63) is 59.1 Å². The molecule has 2 fully saturated rings. The largest absolute Gasteiger partial charge is 0.484 e. The average molecular weight is 479 g/mol. The van der Waals surface area contributed by atoms with Gasteiger partial charge in [-0.25, -0.2) is 8.42 Å². The van der Waals surface area contributed by atoms with Crippen LogP contribution in [0.1, 0.15) is 25.3 Å². The molecule has 0 spiro atoms. The summed E-state index contributed by atoms with van der Waals surface area (Å²) in [6.07, 6.45) is 0. The average Bonchev–Trinajstić information content (AvgIpc) is 3.18. The molecule has 0 N–H and O–H groups in total. The van der Waals surface area contributed by atoms with E-state index in [2.05, 4.69) is 18.8 Å². The highest BCUT2D eigenvalue weighted by Gasteiger charge is 2.49. The van der Waals surface area contributed by atoms with Crippen LogP contribution < -0.4 is 9.64 Å². The molecular weight excluding hydrogens is 456 g/mol. The molecule has 1 amide bonds. The van der Waals surface area contributed by atoms with E-state index in [9.17, 15) is 13.2 Å². The number of thioether (sulfide) groups is 1. The number of ether oxygens (including phenoxy) is 1. The van der Waals surface area contributed by atoms with E-state index in [0.29, 0.717) is 21.9 Å². The lowest BCUT2D eigenvalue weighted by molar-refractivity contribution is -0.119. The van der Waals surface area contributed by atoms with Crippen LogP contribution in [0.15, 0.2) is 53.5 Å². The summed E-state index contributed by atoms with van der Waals surface area (Å²) in [5.41, 5.74) is 2.03. The van der Waals surface area contributed by atoms with Crippen molar-refractivity contribution >= 4 is 50.0 Å². The number of anilines is 1. The van der Waals surface area contributed by atoms with E-state index >= 15 is 0 Å². The number of benzene rings is 2. The van der Waals surface area contributed by atoms with Crippen LogP contribution in [0.3, 0.4) is 0 Å². The molecule has 2 unspecified atom stereocenters. The van der Waals surface area contributed by atoms with Gasteiger partial charge in [-0.3, -0.25) is 4.79 Å². The lowest BCUT2D eigenvalue weighted by atomic mass is 10.0. The zero-order valence-electron chi connectivity index (χ0n) is 17.2. The standard InChI is InChI=1S/C22H23ClN2O4S2/c1-14(2)15-3-7-17(8-4-15)25-19-12-31(27,28)13-20(19)30-22(25)24-21(26)11-29-18-9-5-16(23)6-10-18/h3-10,14,19-20H,11-13H2,1-2H3. The molecule has 2 aliphatic heterocycles. The van der Waals surface area contributed by atoms with Crippen LogP contribution in [-0.2, 0) is 14.6 Å². The Morgan fingerprint density at radius 2 is 1.84 bits per heavy atom. The Morgan fingerprint density at radius 3 is 2.48 bits per heavy atom. The summed E-state index contributed by atoms with van der Waals surface area (Å²) in [6, 6.07) is 14.5. The third kappa shape index (κ3) is 5.07. The highest BCUT2D eigenvalue weighted by atomic mass is 35.5. The minimum Gasteiger partial charge on any atom is -0.484 e. The van der Waals surface area contributed by atoms with E-state index in [-0.39, 0.29) is 29.4 Å². The molecule has 31 heavy (non-hydrogen) atoms. The smallest absolute Gasteiger partial charge is 0.285 e. The van der Waals surface area contributed by atoms with Gasteiger partial charge in [0.2, 0.25) is 0 Å². The highest BCUT2D eigenvalue weighted by molar-refractivity contribution is 8.16. The van der Waals surface area contributed by atoms with Crippen molar-refractivity contribution in [1.82, 2.24) is 0 Å². The Hall–Kier alpha value is -2.03. The number of hydrogen-bond acceptors (Lipinski definition) is 5. The molecular formula is C22H23ClN2O4S2. The predicted molar refractivity (Wildman–Crippen MR) is 126 cm³/mol. The van der Waals surface area contributed by atoms with Crippen molar-refractivity contribution in [3.8, 4) is 5.75 Å². The monoisotopic (exact) mass is 478 g/mol. The van der Waals surface area contributed by atoms with Gasteiger partial charge in [-0.2, -0.15) is 4.99 Å². The van der Waals surface area contributed by atoms with Crippen molar-refractivity contribution in [3.63, 3.8) is 0 Å².